The first kappa shape index (κ1) is 14.8. The van der Waals surface area contributed by atoms with Crippen molar-refractivity contribution in [3.63, 3.8) is 0 Å². The van der Waals surface area contributed by atoms with Gasteiger partial charge in [0.1, 0.15) is 11.9 Å². The maximum Gasteiger partial charge on any atom is 0.404 e. The minimum atomic E-state index is -4.20. The molecule has 2 rings (SSSR count). The molecule has 1 saturated heterocycles. The molecule has 0 aliphatic carbocycles. The fraction of sp³-hybridized carbons (Fsp3) is 0.538. The fourth-order valence-electron chi connectivity index (χ4n) is 2.42. The third-order valence-electron chi connectivity index (χ3n) is 3.38. The van der Waals surface area contributed by atoms with Gasteiger partial charge in [-0.15, -0.1) is 0 Å². The lowest BCUT2D eigenvalue weighted by Gasteiger charge is -2.36. The van der Waals surface area contributed by atoms with Gasteiger partial charge in [0.25, 0.3) is 0 Å². The van der Waals surface area contributed by atoms with Crippen molar-refractivity contribution in [3.8, 4) is 0 Å². The van der Waals surface area contributed by atoms with E-state index < -0.39 is 18.0 Å². The fourth-order valence-corrected chi connectivity index (χ4v) is 2.90. The lowest BCUT2D eigenvalue weighted by Crippen LogP contribution is -2.48. The monoisotopic (exact) mass is 339 g/mol. The van der Waals surface area contributed by atoms with E-state index in [1.165, 1.54) is 23.1 Å². The van der Waals surface area contributed by atoms with Crippen LogP contribution in [0.1, 0.15) is 24.8 Å². The van der Waals surface area contributed by atoms with E-state index in [0.717, 1.165) is 6.42 Å². The molecule has 106 valence electrons. The largest absolute Gasteiger partial charge is 0.404 e. The smallest absolute Gasteiger partial charge is 0.288 e. The van der Waals surface area contributed by atoms with Crippen LogP contribution in [-0.2, 0) is 6.54 Å². The first-order valence-electron chi connectivity index (χ1n) is 6.12. The molecule has 0 aromatic heterocycles. The van der Waals surface area contributed by atoms with Crippen LogP contribution in [0.3, 0.4) is 0 Å². The van der Waals surface area contributed by atoms with Gasteiger partial charge in [0, 0.05) is 11.0 Å². The molecule has 0 spiro atoms. The molecule has 0 radical (unpaired) electrons. The van der Waals surface area contributed by atoms with Crippen LogP contribution in [0.4, 0.5) is 17.6 Å². The van der Waals surface area contributed by atoms with Gasteiger partial charge in [-0.05, 0) is 37.1 Å². The molecule has 0 N–H and O–H groups in total. The van der Waals surface area contributed by atoms with E-state index in [9.17, 15) is 17.6 Å². The molecule has 0 bridgehead atoms. The second kappa shape index (κ2) is 5.79. The third kappa shape index (κ3) is 3.69. The van der Waals surface area contributed by atoms with E-state index in [1.54, 1.807) is 0 Å². The lowest BCUT2D eigenvalue weighted by atomic mass is 10.0. The first-order chi connectivity index (χ1) is 8.88. The normalized spacial score (nSPS) is 21.6. The number of nitrogens with zero attached hydrogens (tertiary/aromatic N) is 1. The van der Waals surface area contributed by atoms with Crippen LogP contribution in [0.25, 0.3) is 0 Å². The van der Waals surface area contributed by atoms with Crippen molar-refractivity contribution in [1.29, 1.82) is 0 Å². The number of halogens is 5. The third-order valence-corrected chi connectivity index (χ3v) is 4.12. The highest BCUT2D eigenvalue weighted by atomic mass is 79.9. The molecule has 1 nitrogen and oxygen atoms in total. The zero-order valence-electron chi connectivity index (χ0n) is 10.2. The van der Waals surface area contributed by atoms with Crippen LogP contribution < -0.4 is 0 Å². The molecule has 1 fully saturated rings. The summed E-state index contributed by atoms with van der Waals surface area (Å²) in [6.45, 7) is 0.610. The molecule has 0 amide bonds. The molecular weight excluding hydrogens is 326 g/mol. The molecule has 1 aliphatic heterocycles. The zero-order valence-corrected chi connectivity index (χ0v) is 11.8. The van der Waals surface area contributed by atoms with Crippen LogP contribution >= 0.6 is 15.9 Å². The van der Waals surface area contributed by atoms with E-state index in [4.69, 9.17) is 0 Å². The van der Waals surface area contributed by atoms with Gasteiger partial charge >= 0.3 is 6.18 Å². The summed E-state index contributed by atoms with van der Waals surface area (Å²) in [6, 6.07) is 2.69. The van der Waals surface area contributed by atoms with Crippen LogP contribution in [0, 0.1) is 5.82 Å². The van der Waals surface area contributed by atoms with E-state index in [0.29, 0.717) is 23.0 Å². The Kier molecular flexibility index (Phi) is 4.50. The van der Waals surface area contributed by atoms with Gasteiger partial charge in [0.05, 0.1) is 0 Å². The van der Waals surface area contributed by atoms with Crippen molar-refractivity contribution < 1.29 is 17.6 Å². The van der Waals surface area contributed by atoms with Crippen LogP contribution in [0.2, 0.25) is 0 Å². The lowest BCUT2D eigenvalue weighted by molar-refractivity contribution is -0.192. The molecular formula is C13H14BrF4N. The van der Waals surface area contributed by atoms with E-state index >= 15 is 0 Å². The molecule has 1 aromatic carbocycles. The maximum atomic E-state index is 13.0. The van der Waals surface area contributed by atoms with E-state index in [2.05, 4.69) is 15.9 Å². The Morgan fingerprint density at radius 1 is 1.26 bits per heavy atom. The van der Waals surface area contributed by atoms with Crippen molar-refractivity contribution in [2.75, 3.05) is 6.54 Å². The van der Waals surface area contributed by atoms with Gasteiger partial charge in [-0.1, -0.05) is 28.4 Å². The van der Waals surface area contributed by atoms with Crippen LogP contribution in [-0.4, -0.2) is 23.7 Å². The Hall–Kier alpha value is -0.620. The highest BCUT2D eigenvalue weighted by molar-refractivity contribution is 9.10. The summed E-state index contributed by atoms with van der Waals surface area (Å²) in [4.78, 5) is 1.43. The summed E-state index contributed by atoms with van der Waals surface area (Å²) in [5.74, 6) is -0.401. The van der Waals surface area contributed by atoms with Gasteiger partial charge < -0.3 is 0 Å². The van der Waals surface area contributed by atoms with E-state index in [-0.39, 0.29) is 13.0 Å². The molecule has 1 heterocycles. The van der Waals surface area contributed by atoms with E-state index in [1.807, 2.05) is 0 Å². The minimum Gasteiger partial charge on any atom is -0.288 e. The Morgan fingerprint density at radius 2 is 2.00 bits per heavy atom. The van der Waals surface area contributed by atoms with Gasteiger partial charge in [-0.3, -0.25) is 4.90 Å². The summed E-state index contributed by atoms with van der Waals surface area (Å²) in [7, 11) is 0. The predicted molar refractivity (Wildman–Crippen MR) is 68.2 cm³/mol. The van der Waals surface area contributed by atoms with Crippen molar-refractivity contribution in [1.82, 2.24) is 4.90 Å². The Bertz CT molecular complexity index is 447. The van der Waals surface area contributed by atoms with Gasteiger partial charge in [0.2, 0.25) is 0 Å². The second-order valence-electron chi connectivity index (χ2n) is 4.76. The van der Waals surface area contributed by atoms with Gasteiger partial charge in [-0.25, -0.2) is 4.39 Å². The maximum absolute atomic E-state index is 13.0. The quantitative estimate of drug-likeness (QED) is 0.717. The Labute approximate surface area is 117 Å². The first-order valence-corrected chi connectivity index (χ1v) is 6.92. The number of benzene rings is 1. The SMILES string of the molecule is Fc1ccc(CN2CCCCC2C(F)(F)F)c(Br)c1. The average molecular weight is 340 g/mol. The van der Waals surface area contributed by atoms with Crippen molar-refractivity contribution >= 4 is 15.9 Å². The summed E-state index contributed by atoms with van der Waals surface area (Å²) in [6.07, 6.45) is -2.69. The predicted octanol–water partition coefficient (Wildman–Crippen LogP) is 4.51. The van der Waals surface area contributed by atoms with Gasteiger partial charge in [0.15, 0.2) is 0 Å². The zero-order chi connectivity index (χ0) is 14.0. The molecule has 1 aromatic rings. The molecule has 1 atom stereocenters. The molecule has 1 unspecified atom stereocenters. The standard InChI is InChI=1S/C13H14BrF4N/c14-11-7-10(15)5-4-9(11)8-19-6-2-1-3-12(19)13(16,17)18/h4-5,7,12H,1-3,6,8H2. The number of piperidine rings is 1. The topological polar surface area (TPSA) is 3.24 Å². The average Bonchev–Trinajstić information content (AvgIpc) is 2.32. The van der Waals surface area contributed by atoms with Crippen LogP contribution in [0.15, 0.2) is 22.7 Å². The summed E-state index contributed by atoms with van der Waals surface area (Å²) in [5, 5.41) is 0. The molecule has 1 aliphatic rings. The van der Waals surface area contributed by atoms with Gasteiger partial charge in [-0.2, -0.15) is 13.2 Å². The highest BCUT2D eigenvalue weighted by Crippen LogP contribution is 2.33. The highest BCUT2D eigenvalue weighted by Gasteiger charge is 2.44. The molecule has 6 heteroatoms. The summed E-state index contributed by atoms with van der Waals surface area (Å²) >= 11 is 3.20. The Morgan fingerprint density at radius 3 is 2.63 bits per heavy atom. The molecule has 0 saturated carbocycles. The number of hydrogen-bond acceptors (Lipinski definition) is 1. The van der Waals surface area contributed by atoms with Crippen LogP contribution in [0.5, 0.6) is 0 Å². The van der Waals surface area contributed by atoms with Crippen molar-refractivity contribution in [2.24, 2.45) is 0 Å². The minimum absolute atomic E-state index is 0.141. The second-order valence-corrected chi connectivity index (χ2v) is 5.61. The number of hydrogen-bond donors (Lipinski definition) is 0. The van der Waals surface area contributed by atoms with Crippen molar-refractivity contribution in [2.45, 2.75) is 38.0 Å². The number of likely N-dealkylation sites (tertiary alicyclic amines) is 1. The molecule has 19 heavy (non-hydrogen) atoms. The number of rotatable bonds is 2. The summed E-state index contributed by atoms with van der Waals surface area (Å²) < 4.78 is 52.3. The van der Waals surface area contributed by atoms with Crippen molar-refractivity contribution in [3.05, 3.63) is 34.1 Å². The Balaban J connectivity index is 2.15. The number of alkyl halides is 3. The summed E-state index contributed by atoms with van der Waals surface area (Å²) in [5.41, 5.74) is 0.678.